The van der Waals surface area contributed by atoms with Crippen LogP contribution in [-0.2, 0) is 16.0 Å². The first-order chi connectivity index (χ1) is 12.2. The Labute approximate surface area is 153 Å². The second-order valence-electron chi connectivity index (χ2n) is 5.76. The van der Waals surface area contributed by atoms with Crippen molar-refractivity contribution in [2.45, 2.75) is 64.4 Å². The topological polar surface area (TPSA) is 46.5 Å². The van der Waals surface area contributed by atoms with Crippen molar-refractivity contribution >= 4 is 5.97 Å². The molecule has 0 aromatic heterocycles. The summed E-state index contributed by atoms with van der Waals surface area (Å²) in [5.74, 6) is 5.76. The van der Waals surface area contributed by atoms with E-state index in [0.29, 0.717) is 0 Å². The smallest absolute Gasteiger partial charge is 0.335 e. The Balaban J connectivity index is 0.00000277. The summed E-state index contributed by atoms with van der Waals surface area (Å²) in [4.78, 5) is 11.2. The van der Waals surface area contributed by atoms with Gasteiger partial charge in [0.2, 0.25) is 0 Å². The van der Waals surface area contributed by atoms with Crippen LogP contribution in [0.25, 0.3) is 0 Å². The number of carbonyl (C=O) groups is 1. The first-order valence-corrected chi connectivity index (χ1v) is 9.01. The summed E-state index contributed by atoms with van der Waals surface area (Å²) in [6.07, 6.45) is 7.79. The number of rotatable bonds is 9. The molecule has 3 heteroatoms. The van der Waals surface area contributed by atoms with Crippen molar-refractivity contribution in [1.82, 2.24) is 0 Å². The minimum atomic E-state index is -1.11. The molecule has 0 saturated heterocycles. The lowest BCUT2D eigenvalue weighted by Gasteiger charge is -2.07. The van der Waals surface area contributed by atoms with Crippen molar-refractivity contribution < 1.29 is 14.6 Å². The number of benzene rings is 1. The average molecular weight is 344 g/mol. The van der Waals surface area contributed by atoms with Gasteiger partial charge in [-0.3, -0.25) is 0 Å². The lowest BCUT2D eigenvalue weighted by atomic mass is 10.1. The molecule has 0 bridgehead atoms. The fourth-order valence-electron chi connectivity index (χ4n) is 2.33. The maximum atomic E-state index is 11.2. The third-order valence-corrected chi connectivity index (χ3v) is 3.74. The van der Waals surface area contributed by atoms with Gasteiger partial charge >= 0.3 is 5.97 Å². The van der Waals surface area contributed by atoms with E-state index in [9.17, 15) is 9.90 Å². The van der Waals surface area contributed by atoms with Crippen LogP contribution in [0.2, 0.25) is 0 Å². The second kappa shape index (κ2) is 15.5. The second-order valence-corrected chi connectivity index (χ2v) is 5.76. The molecule has 0 heterocycles. The van der Waals surface area contributed by atoms with Gasteiger partial charge in [-0.25, -0.2) is 4.79 Å². The van der Waals surface area contributed by atoms with Crippen LogP contribution in [-0.4, -0.2) is 24.3 Å². The summed E-state index contributed by atoms with van der Waals surface area (Å²) >= 11 is 0. The molecule has 0 spiro atoms. The Morgan fingerprint density at radius 3 is 2.32 bits per heavy atom. The van der Waals surface area contributed by atoms with E-state index in [2.05, 4.69) is 36.7 Å². The van der Waals surface area contributed by atoms with Gasteiger partial charge in [0, 0.05) is 18.4 Å². The highest BCUT2D eigenvalue weighted by atomic mass is 16.5. The van der Waals surface area contributed by atoms with E-state index in [1.165, 1.54) is 45.6 Å². The molecule has 0 radical (unpaired) electrons. The van der Waals surface area contributed by atoms with E-state index in [-0.39, 0.29) is 6.42 Å². The Bertz CT molecular complexity index is 522. The SMILES string of the molecule is C=C.CCCCCCCCC#Cc1ccc(CC(O)C(=O)OC)cc1. The first kappa shape index (κ1) is 22.9. The standard InChI is InChI=1S/C20H28O3.C2H4/c1-3-4-5-6-7-8-9-10-11-17-12-14-18(15-13-17)16-19(21)20(22)23-2;1-2/h12-15,19,21H,3-9,16H2,1-2H3;1-2H2. The third kappa shape index (κ3) is 11.2. The van der Waals surface area contributed by atoms with Gasteiger partial charge in [0.15, 0.2) is 6.10 Å². The zero-order valence-electron chi connectivity index (χ0n) is 15.7. The Kier molecular flexibility index (Phi) is 14.2. The number of carbonyl (C=O) groups excluding carboxylic acids is 1. The van der Waals surface area contributed by atoms with Crippen LogP contribution in [0.1, 0.15) is 63.0 Å². The van der Waals surface area contributed by atoms with Crippen molar-refractivity contribution in [2.24, 2.45) is 0 Å². The van der Waals surface area contributed by atoms with Gasteiger partial charge in [-0.2, -0.15) is 0 Å². The molecule has 1 rings (SSSR count). The van der Waals surface area contributed by atoms with E-state index in [1.54, 1.807) is 0 Å². The molecule has 0 aliphatic heterocycles. The number of unbranched alkanes of at least 4 members (excludes halogenated alkanes) is 6. The summed E-state index contributed by atoms with van der Waals surface area (Å²) in [5, 5.41) is 9.62. The highest BCUT2D eigenvalue weighted by molar-refractivity contribution is 5.74. The molecule has 0 aliphatic carbocycles. The fraction of sp³-hybridized carbons (Fsp3) is 0.500. The molecule has 1 aromatic carbocycles. The molecule has 1 aromatic rings. The minimum Gasteiger partial charge on any atom is -0.467 e. The van der Waals surface area contributed by atoms with Crippen molar-refractivity contribution in [3.63, 3.8) is 0 Å². The van der Waals surface area contributed by atoms with Crippen LogP contribution in [0.3, 0.4) is 0 Å². The minimum absolute atomic E-state index is 0.262. The quantitative estimate of drug-likeness (QED) is 0.306. The number of ether oxygens (including phenoxy) is 1. The van der Waals surface area contributed by atoms with E-state index >= 15 is 0 Å². The largest absolute Gasteiger partial charge is 0.467 e. The van der Waals surface area contributed by atoms with Gasteiger partial charge in [0.1, 0.15) is 0 Å². The van der Waals surface area contributed by atoms with Crippen LogP contribution in [0.5, 0.6) is 0 Å². The molecule has 138 valence electrons. The number of aliphatic hydroxyl groups is 1. The molecular weight excluding hydrogens is 312 g/mol. The number of aliphatic hydroxyl groups excluding tert-OH is 1. The Hall–Kier alpha value is -2.05. The van der Waals surface area contributed by atoms with E-state index in [4.69, 9.17) is 0 Å². The zero-order chi connectivity index (χ0) is 18.9. The number of hydrogen-bond acceptors (Lipinski definition) is 3. The number of esters is 1. The summed E-state index contributed by atoms with van der Waals surface area (Å²) in [7, 11) is 1.27. The molecule has 0 saturated carbocycles. The summed E-state index contributed by atoms with van der Waals surface area (Å²) in [6.45, 7) is 8.23. The first-order valence-electron chi connectivity index (χ1n) is 9.01. The summed E-state index contributed by atoms with van der Waals surface area (Å²) in [6, 6.07) is 7.63. The van der Waals surface area contributed by atoms with Crippen LogP contribution >= 0.6 is 0 Å². The maximum Gasteiger partial charge on any atom is 0.335 e. The van der Waals surface area contributed by atoms with Crippen molar-refractivity contribution in [3.8, 4) is 11.8 Å². The van der Waals surface area contributed by atoms with Crippen molar-refractivity contribution in [2.75, 3.05) is 7.11 Å². The molecule has 0 fully saturated rings. The van der Waals surface area contributed by atoms with Crippen molar-refractivity contribution in [1.29, 1.82) is 0 Å². The third-order valence-electron chi connectivity index (χ3n) is 3.74. The summed E-state index contributed by atoms with van der Waals surface area (Å²) in [5.41, 5.74) is 1.86. The van der Waals surface area contributed by atoms with Crippen molar-refractivity contribution in [3.05, 3.63) is 48.6 Å². The van der Waals surface area contributed by atoms with Crippen LogP contribution in [0.15, 0.2) is 37.4 Å². The van der Waals surface area contributed by atoms with Gasteiger partial charge in [-0.1, -0.05) is 63.0 Å². The molecule has 1 N–H and O–H groups in total. The summed E-state index contributed by atoms with van der Waals surface area (Å²) < 4.78 is 4.50. The lowest BCUT2D eigenvalue weighted by Crippen LogP contribution is -2.24. The van der Waals surface area contributed by atoms with E-state index in [1.807, 2.05) is 24.3 Å². The molecule has 25 heavy (non-hydrogen) atoms. The Morgan fingerprint density at radius 2 is 1.72 bits per heavy atom. The normalized spacial score (nSPS) is 10.7. The predicted octanol–water partition coefficient (Wildman–Crippen LogP) is 4.67. The van der Waals surface area contributed by atoms with Crippen LogP contribution in [0.4, 0.5) is 0 Å². The molecule has 0 amide bonds. The fourth-order valence-corrected chi connectivity index (χ4v) is 2.33. The predicted molar refractivity (Wildman–Crippen MR) is 104 cm³/mol. The van der Waals surface area contributed by atoms with Gasteiger partial charge in [0.25, 0.3) is 0 Å². The van der Waals surface area contributed by atoms with Crippen LogP contribution < -0.4 is 0 Å². The molecule has 1 atom stereocenters. The molecular formula is C22H32O3. The van der Waals surface area contributed by atoms with Gasteiger partial charge in [-0.05, 0) is 24.1 Å². The Morgan fingerprint density at radius 1 is 1.12 bits per heavy atom. The number of methoxy groups -OCH3 is 1. The zero-order valence-corrected chi connectivity index (χ0v) is 15.7. The van der Waals surface area contributed by atoms with E-state index < -0.39 is 12.1 Å². The lowest BCUT2D eigenvalue weighted by molar-refractivity contribution is -0.150. The average Bonchev–Trinajstić information content (AvgIpc) is 2.66. The van der Waals surface area contributed by atoms with Gasteiger partial charge in [-0.15, -0.1) is 13.2 Å². The monoisotopic (exact) mass is 344 g/mol. The van der Waals surface area contributed by atoms with Crippen LogP contribution in [0, 0.1) is 11.8 Å². The number of hydrogen-bond donors (Lipinski definition) is 1. The highest BCUT2D eigenvalue weighted by Gasteiger charge is 2.15. The maximum absolute atomic E-state index is 11.2. The van der Waals surface area contributed by atoms with E-state index in [0.717, 1.165) is 17.5 Å². The highest BCUT2D eigenvalue weighted by Crippen LogP contribution is 2.08. The van der Waals surface area contributed by atoms with Gasteiger partial charge in [0.05, 0.1) is 7.11 Å². The molecule has 1 unspecified atom stereocenters. The van der Waals surface area contributed by atoms with Gasteiger partial charge < -0.3 is 9.84 Å². The molecule has 3 nitrogen and oxygen atoms in total. The molecule has 0 aliphatic rings.